The number of aliphatic carboxylic acids is 2. The first-order valence-corrected chi connectivity index (χ1v) is 11.4. The fourth-order valence-corrected chi connectivity index (χ4v) is 4.33. The number of alkyl halides is 6. The number of carboxylic acid groups (broad SMARTS) is 2. The lowest BCUT2D eigenvalue weighted by Crippen LogP contribution is -2.32. The third kappa shape index (κ3) is 8.70. The monoisotopic (exact) mass is 559 g/mol. The first kappa shape index (κ1) is 30.0. The van der Waals surface area contributed by atoms with E-state index in [0.29, 0.717) is 18.4 Å². The Morgan fingerprint density at radius 3 is 2.03 bits per heavy atom. The average molecular weight is 559 g/mol. The zero-order valence-corrected chi connectivity index (χ0v) is 20.3. The van der Waals surface area contributed by atoms with Gasteiger partial charge < -0.3 is 19.7 Å². The van der Waals surface area contributed by atoms with Gasteiger partial charge in [0.2, 0.25) is 5.91 Å². The number of halogens is 6. The molecule has 0 aliphatic carbocycles. The Labute approximate surface area is 210 Å². The Morgan fingerprint density at radius 2 is 1.62 bits per heavy atom. The number of carboxylic acids is 2. The molecule has 2 aliphatic rings. The summed E-state index contributed by atoms with van der Waals surface area (Å²) < 4.78 is 65.5. The molecule has 0 aromatic carbocycles. The second-order valence-corrected chi connectivity index (χ2v) is 9.26. The predicted octanol–water partition coefficient (Wildman–Crippen LogP) is 2.54. The number of carbonyl (C=O) groups excluding carboxylic acids is 1. The lowest BCUT2D eigenvalue weighted by atomic mass is 10.0. The number of hydrogen-bond acceptors (Lipinski definition) is 7. The molecule has 2 fully saturated rings. The summed E-state index contributed by atoms with van der Waals surface area (Å²) in [4.78, 5) is 43.7. The van der Waals surface area contributed by atoms with E-state index in [0.717, 1.165) is 42.7 Å². The molecule has 17 heteroatoms. The van der Waals surface area contributed by atoms with Crippen molar-refractivity contribution < 1.29 is 50.9 Å². The summed E-state index contributed by atoms with van der Waals surface area (Å²) in [5, 5.41) is 17.4. The summed E-state index contributed by atoms with van der Waals surface area (Å²) >= 11 is 1.65. The second-order valence-electron chi connectivity index (χ2n) is 8.20. The third-order valence-corrected chi connectivity index (χ3v) is 6.21. The largest absolute Gasteiger partial charge is 0.490 e. The van der Waals surface area contributed by atoms with Gasteiger partial charge in [-0.05, 0) is 6.92 Å². The SMILES string of the molecule is Cc1nc(CN2C[C@@H]3CN(Cc4nccn4C)C[C@@H]3C2=O)cs1.O=C(O)C(F)(F)F.O=C(O)C(F)(F)F. The van der Waals surface area contributed by atoms with Crippen molar-refractivity contribution in [1.29, 1.82) is 0 Å². The Kier molecular flexibility index (Phi) is 9.65. The fourth-order valence-electron chi connectivity index (χ4n) is 3.73. The number of amides is 1. The minimum atomic E-state index is -5.08. The highest BCUT2D eigenvalue weighted by Gasteiger charge is 2.46. The molecule has 4 rings (SSSR count). The maximum absolute atomic E-state index is 12.7. The van der Waals surface area contributed by atoms with Gasteiger partial charge in [-0.1, -0.05) is 0 Å². The smallest absolute Gasteiger partial charge is 0.475 e. The topological polar surface area (TPSA) is 129 Å². The van der Waals surface area contributed by atoms with E-state index in [1.807, 2.05) is 35.8 Å². The first-order valence-electron chi connectivity index (χ1n) is 10.5. The summed E-state index contributed by atoms with van der Waals surface area (Å²) in [6.07, 6.45) is -6.37. The van der Waals surface area contributed by atoms with Crippen LogP contribution in [0.25, 0.3) is 0 Å². The van der Waals surface area contributed by atoms with Crippen LogP contribution in [0.4, 0.5) is 26.3 Å². The highest BCUT2D eigenvalue weighted by molar-refractivity contribution is 7.09. The molecule has 2 aromatic heterocycles. The van der Waals surface area contributed by atoms with E-state index in [1.165, 1.54) is 0 Å². The van der Waals surface area contributed by atoms with Crippen LogP contribution in [0.3, 0.4) is 0 Å². The summed E-state index contributed by atoms with van der Waals surface area (Å²) in [5.74, 6) is -3.56. The number of fused-ring (bicyclic) bond motifs is 1. The molecule has 0 saturated carbocycles. The van der Waals surface area contributed by atoms with Crippen molar-refractivity contribution in [2.45, 2.75) is 32.4 Å². The molecule has 10 nitrogen and oxygen atoms in total. The van der Waals surface area contributed by atoms with Crippen molar-refractivity contribution in [1.82, 2.24) is 24.3 Å². The van der Waals surface area contributed by atoms with Gasteiger partial charge in [-0.15, -0.1) is 11.3 Å². The minimum Gasteiger partial charge on any atom is -0.475 e. The van der Waals surface area contributed by atoms with Crippen molar-refractivity contribution in [3.63, 3.8) is 0 Å². The van der Waals surface area contributed by atoms with Gasteiger partial charge in [0.15, 0.2) is 0 Å². The van der Waals surface area contributed by atoms with Crippen molar-refractivity contribution >= 4 is 29.2 Å². The van der Waals surface area contributed by atoms with Crippen LogP contribution in [0.1, 0.15) is 16.5 Å². The zero-order valence-electron chi connectivity index (χ0n) is 19.5. The molecule has 0 radical (unpaired) electrons. The van der Waals surface area contributed by atoms with Gasteiger partial charge in [0.25, 0.3) is 0 Å². The van der Waals surface area contributed by atoms with Crippen LogP contribution in [-0.4, -0.2) is 84.4 Å². The summed E-state index contributed by atoms with van der Waals surface area (Å²) in [7, 11) is 2.02. The number of nitrogens with zero attached hydrogens (tertiary/aromatic N) is 5. The molecule has 4 heterocycles. The van der Waals surface area contributed by atoms with Crippen LogP contribution >= 0.6 is 11.3 Å². The summed E-state index contributed by atoms with van der Waals surface area (Å²) in [5.41, 5.74) is 1.02. The molecule has 2 saturated heterocycles. The third-order valence-electron chi connectivity index (χ3n) is 5.39. The molecule has 206 valence electrons. The number of carbonyl (C=O) groups is 3. The van der Waals surface area contributed by atoms with E-state index in [1.54, 1.807) is 11.3 Å². The maximum Gasteiger partial charge on any atom is 0.490 e. The number of aryl methyl sites for hydroxylation is 2. The van der Waals surface area contributed by atoms with Crippen LogP contribution in [-0.2, 0) is 34.5 Å². The van der Waals surface area contributed by atoms with E-state index in [4.69, 9.17) is 19.8 Å². The highest BCUT2D eigenvalue weighted by Crippen LogP contribution is 2.33. The molecule has 2 N–H and O–H groups in total. The van der Waals surface area contributed by atoms with E-state index < -0.39 is 24.3 Å². The molecule has 2 aromatic rings. The van der Waals surface area contributed by atoms with E-state index in [-0.39, 0.29) is 5.92 Å². The normalized spacial score (nSPS) is 19.6. The van der Waals surface area contributed by atoms with Gasteiger partial charge in [0.1, 0.15) is 5.82 Å². The van der Waals surface area contributed by atoms with Crippen LogP contribution in [0.2, 0.25) is 0 Å². The van der Waals surface area contributed by atoms with Gasteiger partial charge in [-0.25, -0.2) is 19.6 Å². The Morgan fingerprint density at radius 1 is 1.05 bits per heavy atom. The molecular formula is C20H23F6N5O5S. The second kappa shape index (κ2) is 11.9. The number of hydrogen-bond donors (Lipinski definition) is 2. The predicted molar refractivity (Wildman–Crippen MR) is 115 cm³/mol. The molecule has 0 bridgehead atoms. The van der Waals surface area contributed by atoms with Gasteiger partial charge in [-0.3, -0.25) is 9.69 Å². The quantitative estimate of drug-likeness (QED) is 0.547. The highest BCUT2D eigenvalue weighted by atomic mass is 32.1. The average Bonchev–Trinajstić information content (AvgIpc) is 3.52. The molecule has 2 aliphatic heterocycles. The number of thiazole rings is 1. The van der Waals surface area contributed by atoms with Crippen LogP contribution in [0.5, 0.6) is 0 Å². The number of rotatable bonds is 4. The molecule has 2 atom stereocenters. The number of likely N-dealkylation sites (tertiary alicyclic amines) is 2. The molecule has 1 amide bonds. The van der Waals surface area contributed by atoms with Crippen LogP contribution in [0, 0.1) is 18.8 Å². The van der Waals surface area contributed by atoms with Crippen molar-refractivity contribution in [2.24, 2.45) is 18.9 Å². The van der Waals surface area contributed by atoms with Gasteiger partial charge in [0, 0.05) is 50.4 Å². The van der Waals surface area contributed by atoms with Crippen molar-refractivity contribution in [3.05, 3.63) is 34.3 Å². The van der Waals surface area contributed by atoms with E-state index in [9.17, 15) is 31.1 Å². The van der Waals surface area contributed by atoms with E-state index in [2.05, 4.69) is 20.2 Å². The summed E-state index contributed by atoms with van der Waals surface area (Å²) in [6, 6.07) is 0. The molecule has 37 heavy (non-hydrogen) atoms. The standard InChI is InChI=1S/C16H21N5OS.2C2HF3O2/c1-11-18-13(10-23-11)7-21-6-12-5-20(8-14(12)16(21)22)9-15-17-3-4-19(15)2;2*3-2(4,5)1(6)7/h3-4,10,12,14H,5-9H2,1-2H3;2*(H,6,7)/t12-,14-;;/m0../s1. The van der Waals surface area contributed by atoms with Gasteiger partial charge >= 0.3 is 24.3 Å². The van der Waals surface area contributed by atoms with Crippen LogP contribution < -0.4 is 0 Å². The van der Waals surface area contributed by atoms with Crippen molar-refractivity contribution in [3.8, 4) is 0 Å². The van der Waals surface area contributed by atoms with Gasteiger partial charge in [0.05, 0.1) is 29.7 Å². The zero-order chi connectivity index (χ0) is 28.1. The molecule has 0 unspecified atom stereocenters. The van der Waals surface area contributed by atoms with E-state index >= 15 is 0 Å². The Bertz CT molecular complexity index is 1080. The Hall–Kier alpha value is -3.21. The Balaban J connectivity index is 0.000000286. The fraction of sp³-hybridized carbons (Fsp3) is 0.550. The summed E-state index contributed by atoms with van der Waals surface area (Å²) in [6.45, 7) is 6.19. The number of imidazole rings is 1. The number of aromatic nitrogens is 3. The lowest BCUT2D eigenvalue weighted by Gasteiger charge is -2.20. The molecular weight excluding hydrogens is 536 g/mol. The maximum atomic E-state index is 12.7. The first-order chi connectivity index (χ1) is 17.0. The minimum absolute atomic E-state index is 0.148. The van der Waals surface area contributed by atoms with Gasteiger partial charge in [-0.2, -0.15) is 26.3 Å². The lowest BCUT2D eigenvalue weighted by molar-refractivity contribution is -0.193. The van der Waals surface area contributed by atoms with Crippen LogP contribution in [0.15, 0.2) is 17.8 Å². The van der Waals surface area contributed by atoms with Crippen molar-refractivity contribution in [2.75, 3.05) is 19.6 Å². The molecule has 0 spiro atoms.